The van der Waals surface area contributed by atoms with Crippen molar-refractivity contribution in [3.05, 3.63) is 29.3 Å². The van der Waals surface area contributed by atoms with Crippen LogP contribution in [0, 0.1) is 6.92 Å². The topological polar surface area (TPSA) is 20.2 Å². The molecule has 0 atom stereocenters. The van der Waals surface area contributed by atoms with Crippen LogP contribution in [0.3, 0.4) is 0 Å². The SMILES string of the molecule is CCC(C)(C)c1ccc(O)cc1C. The zero-order chi connectivity index (χ0) is 10.1. The lowest BCUT2D eigenvalue weighted by molar-refractivity contribution is 0.470. The van der Waals surface area contributed by atoms with E-state index in [9.17, 15) is 5.11 Å². The molecule has 1 aromatic carbocycles. The fraction of sp³-hybridized carbons (Fsp3) is 0.500. The van der Waals surface area contributed by atoms with E-state index in [1.807, 2.05) is 19.1 Å². The number of aromatic hydroxyl groups is 1. The van der Waals surface area contributed by atoms with Crippen molar-refractivity contribution in [2.24, 2.45) is 0 Å². The van der Waals surface area contributed by atoms with Gasteiger partial charge in [-0.15, -0.1) is 0 Å². The molecular formula is C12H18O. The van der Waals surface area contributed by atoms with E-state index in [0.29, 0.717) is 5.75 Å². The van der Waals surface area contributed by atoms with Crippen molar-refractivity contribution in [1.29, 1.82) is 0 Å². The number of phenolic OH excluding ortho intramolecular Hbond substituents is 1. The number of rotatable bonds is 2. The minimum absolute atomic E-state index is 0.206. The molecule has 1 heteroatoms. The largest absolute Gasteiger partial charge is 0.508 e. The van der Waals surface area contributed by atoms with Crippen LogP contribution in [0.5, 0.6) is 5.75 Å². The van der Waals surface area contributed by atoms with Crippen LogP contribution in [0.2, 0.25) is 0 Å². The highest BCUT2D eigenvalue weighted by atomic mass is 16.3. The number of hydrogen-bond donors (Lipinski definition) is 1. The molecule has 13 heavy (non-hydrogen) atoms. The molecule has 0 aliphatic rings. The highest BCUT2D eigenvalue weighted by Gasteiger charge is 2.19. The van der Waals surface area contributed by atoms with Crippen molar-refractivity contribution in [3.63, 3.8) is 0 Å². The van der Waals surface area contributed by atoms with Gasteiger partial charge in [0.2, 0.25) is 0 Å². The molecule has 0 aliphatic heterocycles. The Bertz CT molecular complexity index is 300. The monoisotopic (exact) mass is 178 g/mol. The minimum Gasteiger partial charge on any atom is -0.508 e. The second-order valence-corrected chi connectivity index (χ2v) is 4.24. The zero-order valence-corrected chi connectivity index (χ0v) is 8.89. The van der Waals surface area contributed by atoms with Gasteiger partial charge in [0, 0.05) is 0 Å². The van der Waals surface area contributed by atoms with Gasteiger partial charge in [0.25, 0.3) is 0 Å². The second kappa shape index (κ2) is 3.41. The molecule has 0 saturated heterocycles. The van der Waals surface area contributed by atoms with E-state index < -0.39 is 0 Å². The molecule has 0 heterocycles. The molecule has 0 radical (unpaired) electrons. The van der Waals surface area contributed by atoms with Crippen molar-refractivity contribution in [2.75, 3.05) is 0 Å². The summed E-state index contributed by atoms with van der Waals surface area (Å²) in [5, 5.41) is 9.28. The number of aryl methyl sites for hydroxylation is 1. The molecule has 1 aromatic rings. The first-order valence-electron chi connectivity index (χ1n) is 4.77. The standard InChI is InChI=1S/C12H18O/c1-5-12(3,4)11-7-6-10(13)8-9(11)2/h6-8,13H,5H2,1-4H3. The van der Waals surface area contributed by atoms with Crippen LogP contribution in [-0.2, 0) is 5.41 Å². The molecule has 0 saturated carbocycles. The first-order chi connectivity index (χ1) is 5.97. The van der Waals surface area contributed by atoms with Crippen LogP contribution in [0.1, 0.15) is 38.3 Å². The van der Waals surface area contributed by atoms with Gasteiger partial charge in [-0.3, -0.25) is 0 Å². The quantitative estimate of drug-likeness (QED) is 0.736. The van der Waals surface area contributed by atoms with Crippen molar-refractivity contribution >= 4 is 0 Å². The van der Waals surface area contributed by atoms with Gasteiger partial charge in [0.05, 0.1) is 0 Å². The van der Waals surface area contributed by atoms with Gasteiger partial charge in [0.15, 0.2) is 0 Å². The summed E-state index contributed by atoms with van der Waals surface area (Å²) in [4.78, 5) is 0. The summed E-state index contributed by atoms with van der Waals surface area (Å²) in [5.41, 5.74) is 2.71. The fourth-order valence-electron chi connectivity index (χ4n) is 1.60. The third-order valence-electron chi connectivity index (χ3n) is 2.82. The van der Waals surface area contributed by atoms with E-state index in [1.54, 1.807) is 6.07 Å². The van der Waals surface area contributed by atoms with Crippen LogP contribution >= 0.6 is 0 Å². The molecule has 0 amide bonds. The number of benzene rings is 1. The molecule has 1 nitrogen and oxygen atoms in total. The van der Waals surface area contributed by atoms with Gasteiger partial charge >= 0.3 is 0 Å². The lowest BCUT2D eigenvalue weighted by Crippen LogP contribution is -2.16. The minimum atomic E-state index is 0.206. The zero-order valence-electron chi connectivity index (χ0n) is 8.89. The van der Waals surface area contributed by atoms with Crippen molar-refractivity contribution in [1.82, 2.24) is 0 Å². The number of hydrogen-bond acceptors (Lipinski definition) is 1. The first kappa shape index (κ1) is 10.1. The van der Waals surface area contributed by atoms with Gasteiger partial charge in [-0.1, -0.05) is 26.8 Å². The van der Waals surface area contributed by atoms with Crippen LogP contribution in [-0.4, -0.2) is 5.11 Å². The molecule has 72 valence electrons. The molecule has 1 N–H and O–H groups in total. The summed E-state index contributed by atoms with van der Waals surface area (Å²) in [6.45, 7) is 8.69. The molecule has 0 bridgehead atoms. The van der Waals surface area contributed by atoms with Crippen LogP contribution in [0.4, 0.5) is 0 Å². The maximum absolute atomic E-state index is 9.28. The summed E-state index contributed by atoms with van der Waals surface area (Å²) in [6.07, 6.45) is 1.11. The Labute approximate surface area is 80.4 Å². The first-order valence-corrected chi connectivity index (χ1v) is 4.77. The summed E-state index contributed by atoms with van der Waals surface area (Å²) in [5.74, 6) is 0.355. The van der Waals surface area contributed by atoms with E-state index in [-0.39, 0.29) is 5.41 Å². The van der Waals surface area contributed by atoms with Crippen molar-refractivity contribution < 1.29 is 5.11 Å². The Morgan fingerprint density at radius 2 is 1.92 bits per heavy atom. The second-order valence-electron chi connectivity index (χ2n) is 4.24. The van der Waals surface area contributed by atoms with Gasteiger partial charge in [-0.05, 0) is 42.0 Å². The van der Waals surface area contributed by atoms with E-state index >= 15 is 0 Å². The summed E-state index contributed by atoms with van der Waals surface area (Å²) in [6, 6.07) is 5.61. The Kier molecular flexibility index (Phi) is 2.65. The van der Waals surface area contributed by atoms with Gasteiger partial charge in [-0.25, -0.2) is 0 Å². The average Bonchev–Trinajstić information content (AvgIpc) is 2.03. The van der Waals surface area contributed by atoms with Crippen molar-refractivity contribution in [3.8, 4) is 5.75 Å². The predicted octanol–water partition coefficient (Wildman–Crippen LogP) is 3.39. The molecular weight excluding hydrogens is 160 g/mol. The Morgan fingerprint density at radius 1 is 1.31 bits per heavy atom. The summed E-state index contributed by atoms with van der Waals surface area (Å²) < 4.78 is 0. The van der Waals surface area contributed by atoms with Gasteiger partial charge in [-0.2, -0.15) is 0 Å². The van der Waals surface area contributed by atoms with Crippen molar-refractivity contribution in [2.45, 2.75) is 39.5 Å². The van der Waals surface area contributed by atoms with Crippen LogP contribution < -0.4 is 0 Å². The lowest BCUT2D eigenvalue weighted by Gasteiger charge is -2.25. The normalized spacial score (nSPS) is 11.7. The summed E-state index contributed by atoms with van der Waals surface area (Å²) in [7, 11) is 0. The average molecular weight is 178 g/mol. The molecule has 0 unspecified atom stereocenters. The molecule has 1 rings (SSSR count). The molecule has 0 fully saturated rings. The molecule has 0 spiro atoms. The lowest BCUT2D eigenvalue weighted by atomic mass is 9.80. The maximum Gasteiger partial charge on any atom is 0.115 e. The third-order valence-corrected chi connectivity index (χ3v) is 2.82. The van der Waals surface area contributed by atoms with E-state index in [0.717, 1.165) is 6.42 Å². The van der Waals surface area contributed by atoms with E-state index in [2.05, 4.69) is 20.8 Å². The van der Waals surface area contributed by atoms with Gasteiger partial charge in [0.1, 0.15) is 5.75 Å². The predicted molar refractivity (Wildman–Crippen MR) is 56.2 cm³/mol. The molecule has 0 aromatic heterocycles. The Morgan fingerprint density at radius 3 is 2.38 bits per heavy atom. The Balaban J connectivity index is 3.16. The number of phenols is 1. The highest BCUT2D eigenvalue weighted by Crippen LogP contribution is 2.30. The van der Waals surface area contributed by atoms with Crippen LogP contribution in [0.15, 0.2) is 18.2 Å². The highest BCUT2D eigenvalue weighted by molar-refractivity contribution is 5.37. The van der Waals surface area contributed by atoms with Gasteiger partial charge < -0.3 is 5.11 Å². The fourth-order valence-corrected chi connectivity index (χ4v) is 1.60. The smallest absolute Gasteiger partial charge is 0.115 e. The van der Waals surface area contributed by atoms with E-state index in [1.165, 1.54) is 11.1 Å². The Hall–Kier alpha value is -0.980. The molecule has 0 aliphatic carbocycles. The summed E-state index contributed by atoms with van der Waals surface area (Å²) >= 11 is 0. The third kappa shape index (κ3) is 2.03. The van der Waals surface area contributed by atoms with E-state index in [4.69, 9.17) is 0 Å². The van der Waals surface area contributed by atoms with Crippen LogP contribution in [0.25, 0.3) is 0 Å². The maximum atomic E-state index is 9.28.